The number of rotatable bonds is 4. The van der Waals surface area contributed by atoms with Gasteiger partial charge >= 0.3 is 6.03 Å². The standard InChI is InChI=1S/C14H16N2O2/c1-2-3-9-13(17)16-11-10-15(14(16)18)12-7-5-4-6-8-12/h2,4-8H,1,3,9-11H2. The summed E-state index contributed by atoms with van der Waals surface area (Å²) in [7, 11) is 0. The number of hydrogen-bond donors (Lipinski definition) is 0. The van der Waals surface area contributed by atoms with E-state index in [2.05, 4.69) is 6.58 Å². The molecule has 0 N–H and O–H groups in total. The van der Waals surface area contributed by atoms with Crippen molar-refractivity contribution in [2.75, 3.05) is 18.0 Å². The van der Waals surface area contributed by atoms with Gasteiger partial charge in [-0.05, 0) is 18.6 Å². The Balaban J connectivity index is 2.05. The van der Waals surface area contributed by atoms with Crippen LogP contribution in [0.5, 0.6) is 0 Å². The van der Waals surface area contributed by atoms with E-state index in [-0.39, 0.29) is 11.9 Å². The lowest BCUT2D eigenvalue weighted by Gasteiger charge is -2.17. The van der Waals surface area contributed by atoms with Gasteiger partial charge in [0, 0.05) is 25.2 Å². The quantitative estimate of drug-likeness (QED) is 0.763. The van der Waals surface area contributed by atoms with Crippen molar-refractivity contribution in [3.8, 4) is 0 Å². The molecule has 0 atom stereocenters. The average molecular weight is 244 g/mol. The van der Waals surface area contributed by atoms with E-state index < -0.39 is 0 Å². The van der Waals surface area contributed by atoms with Gasteiger partial charge in [-0.15, -0.1) is 6.58 Å². The van der Waals surface area contributed by atoms with Gasteiger partial charge in [0.1, 0.15) is 0 Å². The summed E-state index contributed by atoms with van der Waals surface area (Å²) in [5.74, 6) is -0.127. The first kappa shape index (κ1) is 12.4. The first-order valence-electron chi connectivity index (χ1n) is 6.02. The fourth-order valence-corrected chi connectivity index (χ4v) is 1.98. The molecule has 0 aliphatic carbocycles. The molecule has 4 nitrogen and oxygen atoms in total. The zero-order valence-electron chi connectivity index (χ0n) is 10.2. The van der Waals surface area contributed by atoms with Crippen molar-refractivity contribution in [1.82, 2.24) is 4.90 Å². The van der Waals surface area contributed by atoms with Crippen molar-refractivity contribution in [3.63, 3.8) is 0 Å². The monoisotopic (exact) mass is 244 g/mol. The number of para-hydroxylation sites is 1. The third kappa shape index (κ3) is 2.42. The summed E-state index contributed by atoms with van der Waals surface area (Å²) in [6.07, 6.45) is 2.64. The predicted molar refractivity (Wildman–Crippen MR) is 70.3 cm³/mol. The molecule has 1 aromatic rings. The number of carbonyl (C=O) groups excluding carboxylic acids is 2. The van der Waals surface area contributed by atoms with Gasteiger partial charge in [-0.3, -0.25) is 14.6 Å². The molecule has 18 heavy (non-hydrogen) atoms. The fraction of sp³-hybridized carbons (Fsp3) is 0.286. The minimum Gasteiger partial charge on any atom is -0.292 e. The molecule has 1 fully saturated rings. The molecule has 0 radical (unpaired) electrons. The van der Waals surface area contributed by atoms with Crippen molar-refractivity contribution < 1.29 is 9.59 Å². The van der Waals surface area contributed by atoms with Gasteiger partial charge in [0.15, 0.2) is 0 Å². The van der Waals surface area contributed by atoms with Gasteiger partial charge in [0.2, 0.25) is 5.91 Å². The highest BCUT2D eigenvalue weighted by Crippen LogP contribution is 2.20. The van der Waals surface area contributed by atoms with E-state index in [0.29, 0.717) is 25.9 Å². The molecule has 1 heterocycles. The second-order valence-corrected chi connectivity index (χ2v) is 4.14. The van der Waals surface area contributed by atoms with Gasteiger partial charge in [-0.2, -0.15) is 0 Å². The Morgan fingerprint density at radius 3 is 2.67 bits per heavy atom. The van der Waals surface area contributed by atoms with Crippen molar-refractivity contribution in [3.05, 3.63) is 43.0 Å². The largest absolute Gasteiger partial charge is 0.331 e. The van der Waals surface area contributed by atoms with Crippen LogP contribution in [-0.2, 0) is 4.79 Å². The van der Waals surface area contributed by atoms with E-state index in [1.165, 1.54) is 4.90 Å². The molecule has 4 heteroatoms. The third-order valence-corrected chi connectivity index (χ3v) is 2.94. The highest BCUT2D eigenvalue weighted by molar-refractivity contribution is 6.04. The maximum atomic E-state index is 12.1. The highest BCUT2D eigenvalue weighted by atomic mass is 16.2. The number of imide groups is 1. The van der Waals surface area contributed by atoms with Crippen molar-refractivity contribution in [2.24, 2.45) is 0 Å². The summed E-state index contributed by atoms with van der Waals surface area (Å²) in [6, 6.07) is 9.17. The molecule has 0 unspecified atom stereocenters. The van der Waals surface area contributed by atoms with Crippen LogP contribution in [0.25, 0.3) is 0 Å². The number of allylic oxidation sites excluding steroid dienone is 1. The zero-order valence-corrected chi connectivity index (χ0v) is 10.2. The average Bonchev–Trinajstić information content (AvgIpc) is 2.79. The number of urea groups is 1. The molecule has 1 aromatic carbocycles. The summed E-state index contributed by atoms with van der Waals surface area (Å²) >= 11 is 0. The second-order valence-electron chi connectivity index (χ2n) is 4.14. The normalized spacial score (nSPS) is 15.0. The lowest BCUT2D eigenvalue weighted by atomic mass is 10.3. The molecule has 0 saturated carbocycles. The lowest BCUT2D eigenvalue weighted by Crippen LogP contribution is -2.36. The molecule has 3 amide bonds. The van der Waals surface area contributed by atoms with E-state index in [0.717, 1.165) is 5.69 Å². The summed E-state index contributed by atoms with van der Waals surface area (Å²) < 4.78 is 0. The van der Waals surface area contributed by atoms with Crippen LogP contribution in [0.2, 0.25) is 0 Å². The van der Waals surface area contributed by atoms with Crippen LogP contribution in [0.1, 0.15) is 12.8 Å². The van der Waals surface area contributed by atoms with Gasteiger partial charge < -0.3 is 0 Å². The molecule has 2 rings (SSSR count). The number of carbonyl (C=O) groups is 2. The van der Waals surface area contributed by atoms with Gasteiger partial charge in [0.25, 0.3) is 0 Å². The SMILES string of the molecule is C=CCCC(=O)N1CCN(c2ccccc2)C1=O. The minimum atomic E-state index is -0.227. The molecule has 94 valence electrons. The van der Waals surface area contributed by atoms with Gasteiger partial charge in [0.05, 0.1) is 0 Å². The van der Waals surface area contributed by atoms with Crippen molar-refractivity contribution in [1.29, 1.82) is 0 Å². The van der Waals surface area contributed by atoms with E-state index >= 15 is 0 Å². The molecular formula is C14H16N2O2. The molecule has 0 aromatic heterocycles. The van der Waals surface area contributed by atoms with Crippen molar-refractivity contribution >= 4 is 17.6 Å². The van der Waals surface area contributed by atoms with Crippen LogP contribution < -0.4 is 4.90 Å². The molecule has 1 aliphatic heterocycles. The second kappa shape index (κ2) is 5.49. The van der Waals surface area contributed by atoms with Crippen LogP contribution >= 0.6 is 0 Å². The molecule has 0 bridgehead atoms. The number of anilines is 1. The zero-order chi connectivity index (χ0) is 13.0. The Hall–Kier alpha value is -2.10. The first-order valence-corrected chi connectivity index (χ1v) is 6.02. The maximum absolute atomic E-state index is 12.1. The fourth-order valence-electron chi connectivity index (χ4n) is 1.98. The summed E-state index contributed by atoms with van der Waals surface area (Å²) in [5, 5.41) is 0. The van der Waals surface area contributed by atoms with Gasteiger partial charge in [-0.25, -0.2) is 4.79 Å². The lowest BCUT2D eigenvalue weighted by molar-refractivity contribution is -0.127. The number of hydrogen-bond acceptors (Lipinski definition) is 2. The van der Waals surface area contributed by atoms with Crippen LogP contribution in [0.4, 0.5) is 10.5 Å². The maximum Gasteiger partial charge on any atom is 0.331 e. The Morgan fingerprint density at radius 2 is 2.00 bits per heavy atom. The van der Waals surface area contributed by atoms with Crippen LogP contribution in [-0.4, -0.2) is 29.9 Å². The van der Waals surface area contributed by atoms with Gasteiger partial charge in [-0.1, -0.05) is 24.3 Å². The van der Waals surface area contributed by atoms with E-state index in [9.17, 15) is 9.59 Å². The van der Waals surface area contributed by atoms with Crippen LogP contribution in [0.3, 0.4) is 0 Å². The molecule has 0 spiro atoms. The van der Waals surface area contributed by atoms with Crippen molar-refractivity contribution in [2.45, 2.75) is 12.8 Å². The first-order chi connectivity index (χ1) is 8.74. The number of nitrogens with zero attached hydrogens (tertiary/aromatic N) is 2. The molecule has 1 aliphatic rings. The molecule has 1 saturated heterocycles. The Kier molecular flexibility index (Phi) is 3.77. The van der Waals surface area contributed by atoms with E-state index in [4.69, 9.17) is 0 Å². The summed E-state index contributed by atoms with van der Waals surface area (Å²) in [4.78, 5) is 26.9. The molecular weight excluding hydrogens is 228 g/mol. The summed E-state index contributed by atoms with van der Waals surface area (Å²) in [6.45, 7) is 4.59. The Labute approximate surface area is 106 Å². The Bertz CT molecular complexity index is 456. The third-order valence-electron chi connectivity index (χ3n) is 2.94. The highest BCUT2D eigenvalue weighted by Gasteiger charge is 2.33. The topological polar surface area (TPSA) is 40.6 Å². The smallest absolute Gasteiger partial charge is 0.292 e. The number of benzene rings is 1. The number of amides is 3. The van der Waals surface area contributed by atoms with Crippen LogP contribution in [0, 0.1) is 0 Å². The minimum absolute atomic E-state index is 0.127. The van der Waals surface area contributed by atoms with E-state index in [1.807, 2.05) is 30.3 Å². The van der Waals surface area contributed by atoms with E-state index in [1.54, 1.807) is 11.0 Å². The Morgan fingerprint density at radius 1 is 1.28 bits per heavy atom. The van der Waals surface area contributed by atoms with Crippen LogP contribution in [0.15, 0.2) is 43.0 Å². The predicted octanol–water partition coefficient (Wildman–Crippen LogP) is 2.42. The summed E-state index contributed by atoms with van der Waals surface area (Å²) in [5.41, 5.74) is 0.835.